The summed E-state index contributed by atoms with van der Waals surface area (Å²) in [7, 11) is 0. The maximum absolute atomic E-state index is 12.9. The van der Waals surface area contributed by atoms with Crippen molar-refractivity contribution < 1.29 is 9.18 Å². The van der Waals surface area contributed by atoms with E-state index in [1.165, 1.54) is 12.1 Å². The molecule has 0 radical (unpaired) electrons. The van der Waals surface area contributed by atoms with Gasteiger partial charge < -0.3 is 16.0 Å². The highest BCUT2D eigenvalue weighted by molar-refractivity contribution is 5.88. The molecule has 0 bridgehead atoms. The standard InChI is InChI=1S/C16H23FN4O/c17-13-1-3-14(4-2-13)21-11-9-20(10-12-21)8-7-19-15(22)16(18)5-6-16/h1-4H,5-12,18H2,(H,19,22). The van der Waals surface area contributed by atoms with Gasteiger partial charge in [0, 0.05) is 45.0 Å². The van der Waals surface area contributed by atoms with E-state index in [1.54, 1.807) is 0 Å². The number of carbonyl (C=O) groups excluding carboxylic acids is 1. The van der Waals surface area contributed by atoms with Crippen LogP contribution in [0.3, 0.4) is 0 Å². The fourth-order valence-electron chi connectivity index (χ4n) is 2.75. The van der Waals surface area contributed by atoms with Crippen LogP contribution in [-0.4, -0.2) is 55.6 Å². The van der Waals surface area contributed by atoms with Gasteiger partial charge in [-0.05, 0) is 37.1 Å². The zero-order chi connectivity index (χ0) is 15.6. The first kappa shape index (κ1) is 15.2. The quantitative estimate of drug-likeness (QED) is 0.834. The molecular weight excluding hydrogens is 283 g/mol. The van der Waals surface area contributed by atoms with Crippen molar-refractivity contribution in [3.63, 3.8) is 0 Å². The van der Waals surface area contributed by atoms with Crippen molar-refractivity contribution >= 4 is 11.6 Å². The summed E-state index contributed by atoms with van der Waals surface area (Å²) in [5, 5.41) is 2.92. The molecular formula is C16H23FN4O. The van der Waals surface area contributed by atoms with E-state index in [0.29, 0.717) is 6.54 Å². The van der Waals surface area contributed by atoms with E-state index in [4.69, 9.17) is 5.73 Å². The van der Waals surface area contributed by atoms with Crippen molar-refractivity contribution in [2.75, 3.05) is 44.2 Å². The van der Waals surface area contributed by atoms with Crippen LogP contribution in [-0.2, 0) is 4.79 Å². The number of nitrogens with zero attached hydrogens (tertiary/aromatic N) is 2. The molecule has 120 valence electrons. The number of hydrogen-bond donors (Lipinski definition) is 2. The van der Waals surface area contributed by atoms with Crippen LogP contribution in [0.5, 0.6) is 0 Å². The predicted octanol–water partition coefficient (Wildman–Crippen LogP) is 0.555. The number of anilines is 1. The molecule has 3 rings (SSSR count). The Morgan fingerprint density at radius 3 is 2.41 bits per heavy atom. The molecule has 5 nitrogen and oxygen atoms in total. The van der Waals surface area contributed by atoms with Gasteiger partial charge in [-0.3, -0.25) is 9.69 Å². The lowest BCUT2D eigenvalue weighted by Crippen LogP contribution is -2.50. The summed E-state index contributed by atoms with van der Waals surface area (Å²) < 4.78 is 12.9. The first-order valence-corrected chi connectivity index (χ1v) is 7.87. The van der Waals surface area contributed by atoms with E-state index >= 15 is 0 Å². The summed E-state index contributed by atoms with van der Waals surface area (Å²) in [4.78, 5) is 16.3. The minimum atomic E-state index is -0.582. The van der Waals surface area contributed by atoms with Gasteiger partial charge in [-0.2, -0.15) is 0 Å². The van der Waals surface area contributed by atoms with Gasteiger partial charge in [0.15, 0.2) is 0 Å². The van der Waals surface area contributed by atoms with E-state index in [2.05, 4.69) is 15.1 Å². The summed E-state index contributed by atoms with van der Waals surface area (Å²) in [5.74, 6) is -0.219. The molecule has 1 aromatic carbocycles. The highest BCUT2D eigenvalue weighted by atomic mass is 19.1. The third-order valence-electron chi connectivity index (χ3n) is 4.52. The molecule has 22 heavy (non-hydrogen) atoms. The van der Waals surface area contributed by atoms with Crippen LogP contribution in [0, 0.1) is 5.82 Å². The van der Waals surface area contributed by atoms with E-state index in [9.17, 15) is 9.18 Å². The molecule has 1 aromatic rings. The Kier molecular flexibility index (Phi) is 4.31. The molecule has 1 aliphatic carbocycles. The van der Waals surface area contributed by atoms with Crippen LogP contribution in [0.1, 0.15) is 12.8 Å². The molecule has 2 fully saturated rings. The summed E-state index contributed by atoms with van der Waals surface area (Å²) in [6, 6.07) is 6.64. The van der Waals surface area contributed by atoms with Crippen LogP contribution in [0.2, 0.25) is 0 Å². The Morgan fingerprint density at radius 1 is 1.18 bits per heavy atom. The second-order valence-corrected chi connectivity index (χ2v) is 6.22. The second kappa shape index (κ2) is 6.22. The number of carbonyl (C=O) groups is 1. The fraction of sp³-hybridized carbons (Fsp3) is 0.562. The Hall–Kier alpha value is -1.66. The minimum absolute atomic E-state index is 0.0163. The van der Waals surface area contributed by atoms with Crippen LogP contribution in [0.25, 0.3) is 0 Å². The molecule has 1 saturated carbocycles. The smallest absolute Gasteiger partial charge is 0.240 e. The third kappa shape index (κ3) is 3.56. The molecule has 1 saturated heterocycles. The number of nitrogens with two attached hydrogens (primary N) is 1. The van der Waals surface area contributed by atoms with Gasteiger partial charge in [0.25, 0.3) is 0 Å². The molecule has 0 atom stereocenters. The Labute approximate surface area is 130 Å². The zero-order valence-electron chi connectivity index (χ0n) is 12.7. The number of amides is 1. The molecule has 1 amide bonds. The minimum Gasteiger partial charge on any atom is -0.369 e. The average Bonchev–Trinajstić information content (AvgIpc) is 3.28. The van der Waals surface area contributed by atoms with Crippen LogP contribution in [0.4, 0.5) is 10.1 Å². The highest BCUT2D eigenvalue weighted by Gasteiger charge is 2.45. The molecule has 1 aliphatic heterocycles. The summed E-state index contributed by atoms with van der Waals surface area (Å²) in [5.41, 5.74) is 6.32. The lowest BCUT2D eigenvalue weighted by molar-refractivity contribution is -0.123. The summed E-state index contributed by atoms with van der Waals surface area (Å²) >= 11 is 0. The van der Waals surface area contributed by atoms with Crippen molar-refractivity contribution in [3.05, 3.63) is 30.1 Å². The van der Waals surface area contributed by atoms with Crippen LogP contribution in [0.15, 0.2) is 24.3 Å². The van der Waals surface area contributed by atoms with E-state index in [-0.39, 0.29) is 11.7 Å². The lowest BCUT2D eigenvalue weighted by atomic mass is 10.2. The highest BCUT2D eigenvalue weighted by Crippen LogP contribution is 2.31. The van der Waals surface area contributed by atoms with Crippen LogP contribution < -0.4 is 16.0 Å². The topological polar surface area (TPSA) is 61.6 Å². The SMILES string of the molecule is NC1(C(=O)NCCN2CCN(c3ccc(F)cc3)CC2)CC1. The van der Waals surface area contributed by atoms with Gasteiger partial charge >= 0.3 is 0 Å². The Morgan fingerprint density at radius 2 is 1.82 bits per heavy atom. The van der Waals surface area contributed by atoms with Gasteiger partial charge in [0.2, 0.25) is 5.91 Å². The van der Waals surface area contributed by atoms with Gasteiger partial charge in [0.1, 0.15) is 5.82 Å². The van der Waals surface area contributed by atoms with Crippen molar-refractivity contribution in [3.8, 4) is 0 Å². The molecule has 6 heteroatoms. The van der Waals surface area contributed by atoms with Crippen LogP contribution >= 0.6 is 0 Å². The third-order valence-corrected chi connectivity index (χ3v) is 4.52. The molecule has 2 aliphatic rings. The lowest BCUT2D eigenvalue weighted by Gasteiger charge is -2.36. The fourth-order valence-corrected chi connectivity index (χ4v) is 2.75. The number of rotatable bonds is 5. The normalized spacial score (nSPS) is 20.7. The number of benzene rings is 1. The number of halogens is 1. The molecule has 3 N–H and O–H groups in total. The molecule has 0 spiro atoms. The van der Waals surface area contributed by atoms with Gasteiger partial charge in [-0.1, -0.05) is 0 Å². The second-order valence-electron chi connectivity index (χ2n) is 6.22. The molecule has 1 heterocycles. The van der Waals surface area contributed by atoms with Crippen molar-refractivity contribution in [1.82, 2.24) is 10.2 Å². The summed E-state index contributed by atoms with van der Waals surface area (Å²) in [6.45, 7) is 5.22. The maximum atomic E-state index is 12.9. The van der Waals surface area contributed by atoms with Crippen molar-refractivity contribution in [2.45, 2.75) is 18.4 Å². The largest absolute Gasteiger partial charge is 0.369 e. The number of piperazine rings is 1. The van der Waals surface area contributed by atoms with Gasteiger partial charge in [-0.25, -0.2) is 4.39 Å². The zero-order valence-corrected chi connectivity index (χ0v) is 12.7. The average molecular weight is 306 g/mol. The molecule has 0 aromatic heterocycles. The molecule has 0 unspecified atom stereocenters. The monoisotopic (exact) mass is 306 g/mol. The maximum Gasteiger partial charge on any atom is 0.240 e. The van der Waals surface area contributed by atoms with E-state index < -0.39 is 5.54 Å². The van der Waals surface area contributed by atoms with E-state index in [1.807, 2.05) is 12.1 Å². The number of hydrogen-bond acceptors (Lipinski definition) is 4. The first-order chi connectivity index (χ1) is 10.6. The van der Waals surface area contributed by atoms with Crippen molar-refractivity contribution in [2.24, 2.45) is 5.73 Å². The van der Waals surface area contributed by atoms with E-state index in [0.717, 1.165) is 51.3 Å². The first-order valence-electron chi connectivity index (χ1n) is 7.87. The Bertz CT molecular complexity index is 521. The van der Waals surface area contributed by atoms with Gasteiger partial charge in [0.05, 0.1) is 5.54 Å². The van der Waals surface area contributed by atoms with Gasteiger partial charge in [-0.15, -0.1) is 0 Å². The number of nitrogens with one attached hydrogen (secondary N) is 1. The predicted molar refractivity (Wildman–Crippen MR) is 84.2 cm³/mol. The summed E-state index contributed by atoms with van der Waals surface area (Å²) in [6.07, 6.45) is 1.60. The Balaban J connectivity index is 1.38. The van der Waals surface area contributed by atoms with Crippen molar-refractivity contribution in [1.29, 1.82) is 0 Å².